The number of para-hydroxylation sites is 3. The number of nitriles is 2. The van der Waals surface area contributed by atoms with Crippen molar-refractivity contribution < 1.29 is 0 Å². The van der Waals surface area contributed by atoms with Gasteiger partial charge in [-0.1, -0.05) is 60.7 Å². The van der Waals surface area contributed by atoms with Gasteiger partial charge in [0.25, 0.3) is 0 Å². The third-order valence-corrected chi connectivity index (χ3v) is 8.36. The van der Waals surface area contributed by atoms with Crippen molar-refractivity contribution in [2.75, 3.05) is 0 Å². The predicted octanol–water partition coefficient (Wildman–Crippen LogP) is 9.84. The molecule has 8 aromatic rings. The molecule has 0 N–H and O–H groups in total. The normalized spacial score (nSPS) is 11.1. The molecule has 0 unspecified atom stereocenters. The lowest BCUT2D eigenvalue weighted by molar-refractivity contribution is 1.13. The standard InChI is InChI=1S/C39H21N5/c1-42-35-11-5-2-8-30(35)27-20-28(43-36-12-6-3-9-31(36)33-18-25(23-40)14-16-38(33)43)22-29(21-27)44-37-13-7-4-10-32(37)34-19-26(24-41)15-17-39(34)44/h2-22H. The van der Waals surface area contributed by atoms with Crippen molar-refractivity contribution in [1.82, 2.24) is 9.13 Å². The summed E-state index contributed by atoms with van der Waals surface area (Å²) in [4.78, 5) is 3.84. The molecule has 0 aliphatic heterocycles. The molecule has 0 atom stereocenters. The summed E-state index contributed by atoms with van der Waals surface area (Å²) in [5.41, 5.74) is 9.50. The summed E-state index contributed by atoms with van der Waals surface area (Å²) in [6.45, 7) is 7.89. The van der Waals surface area contributed by atoms with Crippen LogP contribution in [0.25, 0.3) is 71.0 Å². The number of fused-ring (bicyclic) bond motifs is 6. The van der Waals surface area contributed by atoms with E-state index >= 15 is 0 Å². The van der Waals surface area contributed by atoms with Gasteiger partial charge in [0.05, 0.1) is 51.9 Å². The van der Waals surface area contributed by atoms with Crippen LogP contribution >= 0.6 is 0 Å². The van der Waals surface area contributed by atoms with Crippen LogP contribution in [0.4, 0.5) is 5.69 Å². The van der Waals surface area contributed by atoms with Gasteiger partial charge in [-0.15, -0.1) is 0 Å². The Morgan fingerprint density at radius 2 is 0.977 bits per heavy atom. The van der Waals surface area contributed by atoms with E-state index in [1.807, 2.05) is 84.9 Å². The largest absolute Gasteiger partial charge is 0.309 e. The molecule has 6 aromatic carbocycles. The maximum absolute atomic E-state index is 9.65. The molecule has 0 saturated heterocycles. The lowest BCUT2D eigenvalue weighted by atomic mass is 10.0. The third kappa shape index (κ3) is 3.70. The predicted molar refractivity (Wildman–Crippen MR) is 176 cm³/mol. The van der Waals surface area contributed by atoms with Gasteiger partial charge in [-0.3, -0.25) is 0 Å². The highest BCUT2D eigenvalue weighted by Gasteiger charge is 2.18. The zero-order chi connectivity index (χ0) is 29.8. The monoisotopic (exact) mass is 559 g/mol. The maximum Gasteiger partial charge on any atom is 0.194 e. The van der Waals surface area contributed by atoms with Crippen molar-refractivity contribution in [2.45, 2.75) is 0 Å². The molecule has 8 rings (SSSR count). The Labute approximate surface area is 253 Å². The summed E-state index contributed by atoms with van der Waals surface area (Å²) in [5, 5.41) is 23.4. The second kappa shape index (κ2) is 9.74. The summed E-state index contributed by atoms with van der Waals surface area (Å²) in [6, 6.07) is 46.8. The van der Waals surface area contributed by atoms with Crippen LogP contribution in [0.15, 0.2) is 127 Å². The molecule has 0 amide bonds. The van der Waals surface area contributed by atoms with Crippen LogP contribution in [0.3, 0.4) is 0 Å². The number of nitrogens with zero attached hydrogens (tertiary/aromatic N) is 5. The van der Waals surface area contributed by atoms with Crippen LogP contribution in [-0.2, 0) is 0 Å². The van der Waals surface area contributed by atoms with E-state index in [2.05, 4.69) is 68.6 Å². The van der Waals surface area contributed by atoms with Crippen molar-refractivity contribution in [3.63, 3.8) is 0 Å². The van der Waals surface area contributed by atoms with Crippen LogP contribution in [0, 0.1) is 29.2 Å². The van der Waals surface area contributed by atoms with Gasteiger partial charge in [0.2, 0.25) is 0 Å². The summed E-state index contributed by atoms with van der Waals surface area (Å²) in [6.07, 6.45) is 0. The molecule has 0 radical (unpaired) electrons. The smallest absolute Gasteiger partial charge is 0.194 e. The van der Waals surface area contributed by atoms with Crippen molar-refractivity contribution >= 4 is 49.3 Å². The van der Waals surface area contributed by atoms with Crippen molar-refractivity contribution in [3.8, 4) is 34.6 Å². The highest BCUT2D eigenvalue weighted by Crippen LogP contribution is 2.39. The van der Waals surface area contributed by atoms with Gasteiger partial charge in [0, 0.05) is 32.9 Å². The van der Waals surface area contributed by atoms with Gasteiger partial charge in [-0.2, -0.15) is 10.5 Å². The zero-order valence-electron chi connectivity index (χ0n) is 23.4. The molecule has 5 nitrogen and oxygen atoms in total. The molecular formula is C39H21N5. The summed E-state index contributed by atoms with van der Waals surface area (Å²) in [7, 11) is 0. The average Bonchev–Trinajstić information content (AvgIpc) is 3.60. The van der Waals surface area contributed by atoms with Gasteiger partial charge in [0.15, 0.2) is 5.69 Å². The Morgan fingerprint density at radius 1 is 0.500 bits per heavy atom. The first-order valence-electron chi connectivity index (χ1n) is 14.2. The topological polar surface area (TPSA) is 61.8 Å². The fraction of sp³-hybridized carbons (Fsp3) is 0. The second-order valence-electron chi connectivity index (χ2n) is 10.8. The van der Waals surface area contributed by atoms with E-state index in [0.717, 1.165) is 66.1 Å². The van der Waals surface area contributed by atoms with E-state index in [0.29, 0.717) is 16.8 Å². The van der Waals surface area contributed by atoms with E-state index in [4.69, 9.17) is 6.57 Å². The highest BCUT2D eigenvalue weighted by atomic mass is 15.0. The van der Waals surface area contributed by atoms with Gasteiger partial charge < -0.3 is 9.13 Å². The minimum absolute atomic E-state index is 0.581. The maximum atomic E-state index is 9.65. The van der Waals surface area contributed by atoms with Crippen molar-refractivity contribution in [3.05, 3.63) is 150 Å². The number of hydrogen-bond donors (Lipinski definition) is 0. The second-order valence-corrected chi connectivity index (χ2v) is 10.8. The van der Waals surface area contributed by atoms with E-state index in [9.17, 15) is 10.5 Å². The zero-order valence-corrected chi connectivity index (χ0v) is 23.4. The van der Waals surface area contributed by atoms with Gasteiger partial charge in [-0.05, 0) is 77.9 Å². The fourth-order valence-corrected chi connectivity index (χ4v) is 6.47. The molecular weight excluding hydrogens is 538 g/mol. The SMILES string of the molecule is [C-]#[N+]c1ccccc1-c1cc(-n2c3ccccc3c3cc(C#N)ccc32)cc(-n2c3ccccc3c3cc(C#N)ccc32)c1. The highest BCUT2D eigenvalue weighted by molar-refractivity contribution is 6.11. The number of rotatable bonds is 3. The van der Waals surface area contributed by atoms with Gasteiger partial charge >= 0.3 is 0 Å². The molecule has 5 heteroatoms. The number of hydrogen-bond acceptors (Lipinski definition) is 2. The Hall–Kier alpha value is -6.61. The molecule has 2 heterocycles. The van der Waals surface area contributed by atoms with Crippen LogP contribution in [-0.4, -0.2) is 9.13 Å². The first kappa shape index (κ1) is 25.1. The Bertz CT molecular complexity index is 2450. The third-order valence-electron chi connectivity index (χ3n) is 8.36. The fourth-order valence-electron chi connectivity index (χ4n) is 6.47. The van der Waals surface area contributed by atoms with Crippen molar-refractivity contribution in [1.29, 1.82) is 10.5 Å². The van der Waals surface area contributed by atoms with E-state index in [1.165, 1.54) is 0 Å². The van der Waals surface area contributed by atoms with Gasteiger partial charge in [0.1, 0.15) is 0 Å². The minimum atomic E-state index is 0.581. The molecule has 0 bridgehead atoms. The Balaban J connectivity index is 1.51. The Kier molecular flexibility index (Phi) is 5.56. The first-order chi connectivity index (χ1) is 21.7. The minimum Gasteiger partial charge on any atom is -0.309 e. The van der Waals surface area contributed by atoms with Crippen LogP contribution in [0.2, 0.25) is 0 Å². The number of aromatic nitrogens is 2. The van der Waals surface area contributed by atoms with Gasteiger partial charge in [-0.25, -0.2) is 4.85 Å². The van der Waals surface area contributed by atoms with E-state index < -0.39 is 0 Å². The van der Waals surface area contributed by atoms with Crippen LogP contribution in [0.5, 0.6) is 0 Å². The van der Waals surface area contributed by atoms with E-state index in [-0.39, 0.29) is 0 Å². The molecule has 0 aliphatic rings. The van der Waals surface area contributed by atoms with Crippen LogP contribution < -0.4 is 0 Å². The lowest BCUT2D eigenvalue weighted by Gasteiger charge is -2.16. The molecule has 44 heavy (non-hydrogen) atoms. The lowest BCUT2D eigenvalue weighted by Crippen LogP contribution is -2.00. The molecule has 0 aliphatic carbocycles. The quantitative estimate of drug-likeness (QED) is 0.202. The summed E-state index contributed by atoms with van der Waals surface area (Å²) in [5.74, 6) is 0. The Morgan fingerprint density at radius 3 is 1.50 bits per heavy atom. The molecule has 0 fully saturated rings. The number of benzene rings is 6. The molecule has 2 aromatic heterocycles. The van der Waals surface area contributed by atoms with Crippen molar-refractivity contribution in [2.24, 2.45) is 0 Å². The first-order valence-corrected chi connectivity index (χ1v) is 14.2. The molecule has 202 valence electrons. The summed E-state index contributed by atoms with van der Waals surface area (Å²) >= 11 is 0. The van der Waals surface area contributed by atoms with E-state index in [1.54, 1.807) is 0 Å². The molecule has 0 saturated carbocycles. The summed E-state index contributed by atoms with van der Waals surface area (Å²) < 4.78 is 4.47. The average molecular weight is 560 g/mol. The molecule has 0 spiro atoms. The van der Waals surface area contributed by atoms with Crippen LogP contribution in [0.1, 0.15) is 11.1 Å².